The Morgan fingerprint density at radius 1 is 0.372 bits per heavy atom. The third kappa shape index (κ3) is 93.9. The van der Waals surface area contributed by atoms with Crippen molar-refractivity contribution in [2.75, 3.05) is 46.3 Å². The Bertz CT molecular complexity index is 4150. The van der Waals surface area contributed by atoms with E-state index in [1.165, 1.54) is 31.2 Å². The number of Topliss-reactive ketones (excluding diaryl/α,β-unsaturated/α-hetero) is 1. The van der Waals surface area contributed by atoms with Gasteiger partial charge >= 0.3 is 47.9 Å². The predicted molar refractivity (Wildman–Crippen MR) is 578 cm³/mol. The fourth-order valence-electron chi connectivity index (χ4n) is 13.4. The highest BCUT2D eigenvalue weighted by atomic mass is 35.5. The fourth-order valence-corrected chi connectivity index (χ4v) is 14.7. The van der Waals surface area contributed by atoms with Crippen molar-refractivity contribution in [2.45, 2.75) is 390 Å². The number of carbonyl (C=O) groups excluding carboxylic acids is 11. The number of aryl methyl sites for hydroxylation is 2. The lowest BCUT2D eigenvalue weighted by atomic mass is 9.93. The Balaban J connectivity index is -0.000000546. The van der Waals surface area contributed by atoms with Gasteiger partial charge < -0.3 is 70.3 Å². The summed E-state index contributed by atoms with van der Waals surface area (Å²) in [5.41, 5.74) is 19.2. The molecule has 0 saturated heterocycles. The van der Waals surface area contributed by atoms with Crippen LogP contribution in [0.5, 0.6) is 11.5 Å². The van der Waals surface area contributed by atoms with Gasteiger partial charge in [0.1, 0.15) is 41.4 Å². The Morgan fingerprint density at radius 2 is 0.628 bits per heavy atom. The highest BCUT2D eigenvalue weighted by Gasteiger charge is 2.27. The van der Waals surface area contributed by atoms with E-state index in [1.54, 1.807) is 72.8 Å². The second kappa shape index (κ2) is 92.9. The van der Waals surface area contributed by atoms with Gasteiger partial charge in [-0.05, 0) is 276 Å². The molecule has 0 bridgehead atoms. The van der Waals surface area contributed by atoms with E-state index in [2.05, 4.69) is 19.2 Å². The van der Waals surface area contributed by atoms with Crippen LogP contribution in [0.3, 0.4) is 0 Å². The number of rotatable bonds is 65. The smallest absolute Gasteiger partial charge is 0.481 e. The van der Waals surface area contributed by atoms with E-state index in [-0.39, 0.29) is 98.4 Å². The number of benzene rings is 4. The van der Waals surface area contributed by atoms with Gasteiger partial charge in [0.25, 0.3) is 20.2 Å². The van der Waals surface area contributed by atoms with E-state index in [0.29, 0.717) is 148 Å². The minimum atomic E-state index is -4.02. The van der Waals surface area contributed by atoms with Crippen molar-refractivity contribution in [3.05, 3.63) is 120 Å². The lowest BCUT2D eigenvalue weighted by Crippen LogP contribution is -2.42. The Morgan fingerprint density at radius 3 is 0.897 bits per heavy atom. The standard InChI is InChI=1S/C30H55NO7.C21H39NO5.C18H36N2O4.C13H10O3.C10H16Cl2O2.2C7H8O3S.C2H6.CH5P/c1-6-25(21-23(2)3)29(35)37-19-15-11-12-16-20-38-30(36)26(22-24(4)5)31-27(32)17-13-9-7-8-10-14-18-28(33)34;1-15(2)12-18(14-17(5)23)20(24)26-10-8-6-7-9-11-27-21(25)19(22)13-16(3)4;1-13(2)11-15(19)17(21)23-9-7-5-6-8-10-24-18(22)16(20)12-14(3)4;14-13(15-11-7-3-1-4-8-11)16-12-9-5-2-6-10-12;11-9(13)7-5-3-1-2-4-6-8-10(12)14;2*1-6-2-4-7(5-3-6)11(8,9)10;2*1-2/h23-26H,6-22H2,1-5H3,(H,31,32)(H,33,34);15-16,18-19H,6-14,22H2,1-5H3;13-16H,5-12,19-20H2,1-4H3;1-10H;1-8H2;2*2-5H,1H3,(H,8,9,10);1-2H3;2H2,1H3/i;;;;;;;;2D. The molecule has 832 valence electrons. The summed E-state index contributed by atoms with van der Waals surface area (Å²) in [5, 5.41) is 11.0. The Hall–Kier alpha value is -8.37. The number of carboxylic acid groups (broad SMARTS) is 1. The van der Waals surface area contributed by atoms with Gasteiger partial charge in [-0.15, -0.1) is 9.18 Å². The van der Waals surface area contributed by atoms with Crippen LogP contribution in [0.15, 0.2) is 119 Å². The Labute approximate surface area is 882 Å². The molecule has 7 atom stereocenters. The minimum absolute atomic E-state index is 0.0141. The molecule has 0 spiro atoms. The van der Waals surface area contributed by atoms with Gasteiger partial charge in [-0.1, -0.05) is 234 Å². The van der Waals surface area contributed by atoms with Crippen LogP contribution in [-0.2, 0) is 101 Å². The van der Waals surface area contributed by atoms with Crippen molar-refractivity contribution in [1.82, 2.24) is 5.32 Å². The van der Waals surface area contributed by atoms with Crippen molar-refractivity contribution in [3.63, 3.8) is 0 Å². The minimum Gasteiger partial charge on any atom is -0.481 e. The van der Waals surface area contributed by atoms with Crippen LogP contribution in [0.4, 0.5) is 4.79 Å². The molecule has 0 fully saturated rings. The maximum Gasteiger partial charge on any atom is 0.519 e. The molecule has 0 heterocycles. The van der Waals surface area contributed by atoms with Gasteiger partial charge in [0.2, 0.25) is 16.4 Å². The quantitative estimate of drug-likeness (QED) is 0.00410. The van der Waals surface area contributed by atoms with E-state index in [4.69, 9.17) is 93.8 Å². The first-order chi connectivity index (χ1) is 68.8. The molecule has 0 aliphatic rings. The number of para-hydroxylation sites is 2. The number of unbranched alkanes of at least 4 members (excludes halogenated alkanes) is 19. The number of carbonyl (C=O) groups is 12. The molecule has 145 heavy (non-hydrogen) atoms. The van der Waals surface area contributed by atoms with Crippen LogP contribution in [-0.4, -0.2) is 173 Å². The van der Waals surface area contributed by atoms with Crippen LogP contribution in [0.25, 0.3) is 0 Å². The maximum absolute atomic E-state index is 12.6. The number of nitrogens with one attached hydrogen (secondary N) is 1. The molecule has 0 aliphatic carbocycles. The highest BCUT2D eigenvalue weighted by molar-refractivity contribution is 7.86. The number of nitrogens with two attached hydrogens (primary N) is 3. The van der Waals surface area contributed by atoms with Crippen molar-refractivity contribution in [2.24, 2.45) is 64.5 Å². The van der Waals surface area contributed by atoms with Crippen molar-refractivity contribution < 1.29 is 126 Å². The lowest BCUT2D eigenvalue weighted by Gasteiger charge is -2.19. The normalized spacial score (nSPS) is 12.2. The predicted octanol–water partition coefficient (Wildman–Crippen LogP) is 23.4. The summed E-state index contributed by atoms with van der Waals surface area (Å²) in [6.07, 6.45) is 27.1. The van der Waals surface area contributed by atoms with Gasteiger partial charge in [-0.3, -0.25) is 52.3 Å². The molecule has 0 radical (unpaired) electrons. The van der Waals surface area contributed by atoms with Crippen LogP contribution >= 0.6 is 32.4 Å². The zero-order valence-corrected chi connectivity index (χ0v) is 94.6. The molecule has 4 aromatic carbocycles. The van der Waals surface area contributed by atoms with Gasteiger partial charge in [-0.25, -0.2) is 9.59 Å². The lowest BCUT2D eigenvalue weighted by molar-refractivity contribution is -0.151. The van der Waals surface area contributed by atoms with Crippen molar-refractivity contribution in [1.29, 1.82) is 1.28 Å². The summed E-state index contributed by atoms with van der Waals surface area (Å²) in [6, 6.07) is 27.3. The van der Waals surface area contributed by atoms with Gasteiger partial charge in [0.15, 0.2) is 0 Å². The van der Waals surface area contributed by atoms with Crippen molar-refractivity contribution >= 4 is 123 Å². The van der Waals surface area contributed by atoms with Crippen LogP contribution in [0.1, 0.15) is 353 Å². The third-order valence-corrected chi connectivity index (χ3v) is 22.9. The average molecular weight is 2150 g/mol. The molecule has 36 heteroatoms. The van der Waals surface area contributed by atoms with E-state index < -0.39 is 56.5 Å². The van der Waals surface area contributed by atoms with Crippen LogP contribution in [0, 0.1) is 61.2 Å². The second-order valence-corrected chi connectivity index (χ2v) is 41.4. The van der Waals surface area contributed by atoms with Gasteiger partial charge in [0, 0.05) is 32.1 Å². The van der Waals surface area contributed by atoms with E-state index in [9.17, 15) is 74.4 Å². The number of ether oxygens (including phenoxy) is 8. The molecule has 0 aliphatic heterocycles. The molecule has 4 aromatic rings. The summed E-state index contributed by atoms with van der Waals surface area (Å²) >= 11 is 10.4. The summed E-state index contributed by atoms with van der Waals surface area (Å²) in [7, 11) is -7.71. The number of hydrogen-bond donors (Lipinski definition) is 7. The molecule has 0 aromatic heterocycles. The van der Waals surface area contributed by atoms with Crippen LogP contribution < -0.4 is 32.0 Å². The molecular formula is C109H183Cl2N4O27PS2. The molecule has 10 N–H and O–H groups in total. The van der Waals surface area contributed by atoms with E-state index in [0.717, 1.165) is 172 Å². The molecule has 7 unspecified atom stereocenters. The molecule has 4 rings (SSSR count). The topological polar surface area (TPSA) is 498 Å². The monoisotopic (exact) mass is 2150 g/mol. The SMILES string of the molecule is CC.CC(=O)CC(CC(C)C)C(=O)OCCCCCCOC(=O)C(N)CC(C)C.CC(C)CC(N)C(=O)OCCCCCCOC(=O)C(N)CC(C)C.CCC(CC(C)C)C(=O)OCCCCCCOC(=O)C(CC(C)C)NC(=O)CCCCCCCCC(=O)O.Cc1ccc(S(=O)(=O)O)cc1.Cc1ccc(S(=O)(=O)O)cc1.O=C(Cl)CCCCCCCCC(=O)Cl.O=C(Oc1ccccc1)Oc1ccccc1.[2H]PC. The number of halogens is 2. The molecule has 0 saturated carbocycles. The molecule has 31 nitrogen and oxygen atoms in total. The first-order valence-corrected chi connectivity index (χ1v) is 56.3. The number of aliphatic carboxylic acids is 1. The summed E-state index contributed by atoms with van der Waals surface area (Å²) in [6.45, 7) is 39.7. The number of esters is 6. The van der Waals surface area contributed by atoms with Gasteiger partial charge in [0.05, 0.1) is 62.5 Å². The first-order valence-electron chi connectivity index (χ1n) is 52.1. The van der Waals surface area contributed by atoms with Gasteiger partial charge in [-0.2, -0.15) is 16.8 Å². The average Bonchev–Trinajstić information content (AvgIpc) is 0.866. The zero-order valence-electron chi connectivity index (χ0n) is 91.5. The highest BCUT2D eigenvalue weighted by Crippen LogP contribution is 2.23. The summed E-state index contributed by atoms with van der Waals surface area (Å²) in [5.74, 6) is 0.157. The number of ketones is 1. The number of hydrogen-bond acceptors (Lipinski definition) is 27. The number of amides is 1. The van der Waals surface area contributed by atoms with Crippen molar-refractivity contribution in [3.8, 4) is 11.5 Å². The third-order valence-electron chi connectivity index (χ3n) is 20.8. The van der Waals surface area contributed by atoms with E-state index in [1.807, 2.05) is 123 Å². The van der Waals surface area contributed by atoms with E-state index >= 15 is 0 Å². The second-order valence-electron chi connectivity index (χ2n) is 37.7. The zero-order chi connectivity index (χ0) is 112. The summed E-state index contributed by atoms with van der Waals surface area (Å²) in [4.78, 5) is 138. The molecule has 1 amide bonds. The molecular weight excluding hydrogens is 1960 g/mol. The number of carboxylic acids is 1. The fraction of sp³-hybridized carbons (Fsp3) is 0.670. The summed E-state index contributed by atoms with van der Waals surface area (Å²) < 4.78 is 107. The Kier molecular flexibility index (Phi) is 91.6. The largest absolute Gasteiger partial charge is 0.519 e. The first kappa shape index (κ1) is 143. The van der Waals surface area contributed by atoms with Crippen LogP contribution in [0.2, 0.25) is 0 Å². The maximum atomic E-state index is 12.6.